The molecule has 1 aromatic carbocycles. The highest BCUT2D eigenvalue weighted by atomic mass is 19.4. The number of halogens is 3. The predicted molar refractivity (Wildman–Crippen MR) is 115 cm³/mol. The fourth-order valence-corrected chi connectivity index (χ4v) is 3.76. The number of rotatable bonds is 8. The molecule has 2 fully saturated rings. The minimum absolute atomic E-state index is 0.00893. The summed E-state index contributed by atoms with van der Waals surface area (Å²) in [4.78, 5) is 20.6. The molecule has 1 aromatic heterocycles. The van der Waals surface area contributed by atoms with Gasteiger partial charge in [-0.2, -0.15) is 18.2 Å². The Balaban J connectivity index is 1.59. The molecule has 1 amide bonds. The van der Waals surface area contributed by atoms with Gasteiger partial charge in [0.1, 0.15) is 23.2 Å². The zero-order chi connectivity index (χ0) is 23.4. The van der Waals surface area contributed by atoms with Crippen LogP contribution in [0.5, 0.6) is 5.75 Å². The highest BCUT2D eigenvalue weighted by Gasteiger charge is 2.35. The van der Waals surface area contributed by atoms with Crippen LogP contribution in [0.2, 0.25) is 0 Å². The fraction of sp³-hybridized carbons (Fsp3) is 0.500. The van der Waals surface area contributed by atoms with E-state index < -0.39 is 11.7 Å². The number of anilines is 3. The van der Waals surface area contributed by atoms with Crippen LogP contribution in [0.15, 0.2) is 24.4 Å². The molecular weight excluding hydrogens is 439 g/mol. The maximum atomic E-state index is 13.2. The SMILES string of the molecule is CNc1nc(Nc2ccc(C3CN(C=O)CCO3)cc2OCC2CCC2)ncc1C(F)(F)F. The van der Waals surface area contributed by atoms with Gasteiger partial charge in [-0.05, 0) is 36.5 Å². The smallest absolute Gasteiger partial charge is 0.421 e. The van der Waals surface area contributed by atoms with Crippen LogP contribution >= 0.6 is 0 Å². The molecule has 1 saturated heterocycles. The van der Waals surface area contributed by atoms with E-state index in [0.717, 1.165) is 31.0 Å². The van der Waals surface area contributed by atoms with E-state index in [4.69, 9.17) is 9.47 Å². The molecule has 1 atom stereocenters. The average molecular weight is 465 g/mol. The number of nitrogens with zero attached hydrogens (tertiary/aromatic N) is 3. The van der Waals surface area contributed by atoms with Gasteiger partial charge in [0, 0.05) is 19.8 Å². The lowest BCUT2D eigenvalue weighted by Gasteiger charge is -2.31. The first-order valence-electron chi connectivity index (χ1n) is 10.8. The first-order valence-corrected chi connectivity index (χ1v) is 10.8. The molecule has 1 unspecified atom stereocenters. The summed E-state index contributed by atoms with van der Waals surface area (Å²) in [7, 11) is 1.37. The quantitative estimate of drug-likeness (QED) is 0.570. The second kappa shape index (κ2) is 9.82. The first-order chi connectivity index (χ1) is 15.9. The van der Waals surface area contributed by atoms with Gasteiger partial charge in [-0.3, -0.25) is 4.79 Å². The predicted octanol–water partition coefficient (Wildman–Crippen LogP) is 3.99. The fourth-order valence-electron chi connectivity index (χ4n) is 3.76. The summed E-state index contributed by atoms with van der Waals surface area (Å²) >= 11 is 0. The number of ether oxygens (including phenoxy) is 2. The van der Waals surface area contributed by atoms with Gasteiger partial charge in [-0.15, -0.1) is 0 Å². The number of hydrogen-bond donors (Lipinski definition) is 2. The van der Waals surface area contributed by atoms with Crippen LogP contribution in [0, 0.1) is 5.92 Å². The van der Waals surface area contributed by atoms with Gasteiger partial charge in [0.05, 0.1) is 25.4 Å². The molecule has 0 bridgehead atoms. The Hall–Kier alpha value is -3.08. The van der Waals surface area contributed by atoms with E-state index >= 15 is 0 Å². The van der Waals surface area contributed by atoms with Crippen LogP contribution in [0.25, 0.3) is 0 Å². The van der Waals surface area contributed by atoms with Crippen molar-refractivity contribution < 1.29 is 27.4 Å². The monoisotopic (exact) mass is 465 g/mol. The standard InChI is InChI=1S/C22H26F3N5O3/c1-26-20-16(22(23,24)25)10-27-21(29-20)28-17-6-5-15(19-11-30(13-31)7-8-32-19)9-18(17)33-12-14-3-2-4-14/h5-6,9-10,13-14,19H,2-4,7-8,11-12H2,1H3,(H2,26,27,28,29). The van der Waals surface area contributed by atoms with Crippen LogP contribution in [0.4, 0.5) is 30.6 Å². The van der Waals surface area contributed by atoms with Crippen LogP contribution in [-0.4, -0.2) is 54.6 Å². The number of amides is 1. The minimum atomic E-state index is -4.56. The zero-order valence-corrected chi connectivity index (χ0v) is 18.2. The number of morpholine rings is 1. The van der Waals surface area contributed by atoms with E-state index in [2.05, 4.69) is 20.6 Å². The molecule has 2 aromatic rings. The summed E-state index contributed by atoms with van der Waals surface area (Å²) in [6.07, 6.45) is 0.0942. The van der Waals surface area contributed by atoms with E-state index in [1.807, 2.05) is 12.1 Å². The largest absolute Gasteiger partial charge is 0.491 e. The number of carbonyl (C=O) groups is 1. The Labute approximate surface area is 189 Å². The zero-order valence-electron chi connectivity index (χ0n) is 18.2. The number of alkyl halides is 3. The topological polar surface area (TPSA) is 88.6 Å². The van der Waals surface area contributed by atoms with Crippen molar-refractivity contribution in [1.82, 2.24) is 14.9 Å². The molecule has 178 valence electrons. The van der Waals surface area contributed by atoms with Crippen molar-refractivity contribution in [2.45, 2.75) is 31.5 Å². The summed E-state index contributed by atoms with van der Waals surface area (Å²) < 4.78 is 51.4. The van der Waals surface area contributed by atoms with Gasteiger partial charge < -0.3 is 25.0 Å². The Bertz CT molecular complexity index is 984. The van der Waals surface area contributed by atoms with Gasteiger partial charge in [0.25, 0.3) is 0 Å². The Morgan fingerprint density at radius 3 is 2.82 bits per heavy atom. The molecule has 1 saturated carbocycles. The first kappa shape index (κ1) is 23.1. The van der Waals surface area contributed by atoms with Gasteiger partial charge in [-0.1, -0.05) is 12.5 Å². The Morgan fingerprint density at radius 2 is 2.15 bits per heavy atom. The van der Waals surface area contributed by atoms with Crippen LogP contribution in [-0.2, 0) is 15.7 Å². The number of carbonyl (C=O) groups excluding carboxylic acids is 1. The number of hydrogen-bond acceptors (Lipinski definition) is 7. The van der Waals surface area contributed by atoms with E-state index in [1.165, 1.54) is 13.5 Å². The molecule has 1 aliphatic carbocycles. The lowest BCUT2D eigenvalue weighted by molar-refractivity contribution is -0.137. The molecule has 0 radical (unpaired) electrons. The highest BCUT2D eigenvalue weighted by molar-refractivity contribution is 5.65. The molecule has 1 aliphatic heterocycles. The van der Waals surface area contributed by atoms with Gasteiger partial charge >= 0.3 is 6.18 Å². The molecule has 2 N–H and O–H groups in total. The molecule has 4 rings (SSSR count). The molecule has 33 heavy (non-hydrogen) atoms. The van der Waals surface area contributed by atoms with Crippen molar-refractivity contribution in [2.75, 3.05) is 44.0 Å². The van der Waals surface area contributed by atoms with Crippen molar-refractivity contribution >= 4 is 23.9 Å². The molecular formula is C22H26F3N5O3. The Morgan fingerprint density at radius 1 is 1.33 bits per heavy atom. The summed E-state index contributed by atoms with van der Waals surface area (Å²) in [6.45, 7) is 1.96. The third kappa shape index (κ3) is 5.47. The molecule has 11 heteroatoms. The van der Waals surface area contributed by atoms with Gasteiger partial charge in [0.2, 0.25) is 12.4 Å². The lowest BCUT2D eigenvalue weighted by atomic mass is 9.86. The van der Waals surface area contributed by atoms with E-state index in [1.54, 1.807) is 11.0 Å². The van der Waals surface area contributed by atoms with Crippen molar-refractivity contribution in [3.05, 3.63) is 35.5 Å². The molecule has 0 spiro atoms. The molecule has 8 nitrogen and oxygen atoms in total. The third-order valence-corrected chi connectivity index (χ3v) is 5.90. The van der Waals surface area contributed by atoms with Gasteiger partial charge in [0.15, 0.2) is 0 Å². The second-order valence-corrected chi connectivity index (χ2v) is 8.15. The molecule has 2 aliphatic rings. The maximum Gasteiger partial charge on any atom is 0.421 e. The number of aromatic nitrogens is 2. The number of nitrogens with one attached hydrogen (secondary N) is 2. The normalized spacial score (nSPS) is 19.0. The Kier molecular flexibility index (Phi) is 6.87. The summed E-state index contributed by atoms with van der Waals surface area (Å²) in [5, 5.41) is 5.44. The van der Waals surface area contributed by atoms with E-state index in [-0.39, 0.29) is 17.9 Å². The van der Waals surface area contributed by atoms with E-state index in [0.29, 0.717) is 43.7 Å². The van der Waals surface area contributed by atoms with E-state index in [9.17, 15) is 18.0 Å². The van der Waals surface area contributed by atoms with Crippen molar-refractivity contribution in [1.29, 1.82) is 0 Å². The van der Waals surface area contributed by atoms with Crippen LogP contribution in [0.3, 0.4) is 0 Å². The van der Waals surface area contributed by atoms with Crippen molar-refractivity contribution in [3.8, 4) is 5.75 Å². The maximum absolute atomic E-state index is 13.2. The lowest BCUT2D eigenvalue weighted by Crippen LogP contribution is -2.37. The highest BCUT2D eigenvalue weighted by Crippen LogP contribution is 2.36. The van der Waals surface area contributed by atoms with Crippen LogP contribution < -0.4 is 15.4 Å². The minimum Gasteiger partial charge on any atom is -0.491 e. The molecule has 2 heterocycles. The average Bonchev–Trinajstić information content (AvgIpc) is 2.78. The summed E-state index contributed by atoms with van der Waals surface area (Å²) in [5.74, 6) is 0.699. The second-order valence-electron chi connectivity index (χ2n) is 8.15. The summed E-state index contributed by atoms with van der Waals surface area (Å²) in [5.41, 5.74) is 0.435. The van der Waals surface area contributed by atoms with Crippen LogP contribution in [0.1, 0.15) is 36.5 Å². The number of benzene rings is 1. The van der Waals surface area contributed by atoms with Gasteiger partial charge in [-0.25, -0.2) is 4.98 Å². The summed E-state index contributed by atoms with van der Waals surface area (Å²) in [6, 6.07) is 5.43. The third-order valence-electron chi connectivity index (χ3n) is 5.90. The van der Waals surface area contributed by atoms with Crippen molar-refractivity contribution in [3.63, 3.8) is 0 Å². The van der Waals surface area contributed by atoms with Crippen molar-refractivity contribution in [2.24, 2.45) is 5.92 Å².